The largest absolute Gasteiger partial charge is 0.444 e. The van der Waals surface area contributed by atoms with E-state index in [1.54, 1.807) is 17.2 Å². The van der Waals surface area contributed by atoms with Crippen LogP contribution in [0.3, 0.4) is 0 Å². The summed E-state index contributed by atoms with van der Waals surface area (Å²) in [6, 6.07) is 7.43. The molecule has 3 N–H and O–H groups in total. The molecule has 2 amide bonds. The van der Waals surface area contributed by atoms with Crippen molar-refractivity contribution in [2.24, 2.45) is 0 Å². The van der Waals surface area contributed by atoms with Gasteiger partial charge in [-0.2, -0.15) is 0 Å². The van der Waals surface area contributed by atoms with Gasteiger partial charge in [0.2, 0.25) is 11.9 Å². The fourth-order valence-electron chi connectivity index (χ4n) is 3.20. The molecule has 0 unspecified atom stereocenters. The Bertz CT molecular complexity index is 907. The Labute approximate surface area is 170 Å². The minimum atomic E-state index is -0.577. The van der Waals surface area contributed by atoms with Crippen LogP contribution in [0.2, 0.25) is 0 Å². The van der Waals surface area contributed by atoms with E-state index in [1.165, 1.54) is 0 Å². The molecule has 0 radical (unpaired) electrons. The first-order chi connectivity index (χ1) is 13.7. The first kappa shape index (κ1) is 20.6. The Morgan fingerprint density at radius 1 is 1.28 bits per heavy atom. The first-order valence-electron chi connectivity index (χ1n) is 9.67. The highest BCUT2D eigenvalue weighted by atomic mass is 16.6. The molecule has 0 fully saturated rings. The number of para-hydroxylation sites is 1. The second-order valence-corrected chi connectivity index (χ2v) is 8.05. The van der Waals surface area contributed by atoms with Crippen LogP contribution in [0, 0.1) is 0 Å². The number of nitrogen functional groups attached to an aromatic ring is 1. The average molecular weight is 397 g/mol. The van der Waals surface area contributed by atoms with Crippen molar-refractivity contribution < 1.29 is 14.3 Å². The third-order valence-electron chi connectivity index (χ3n) is 4.58. The third-order valence-corrected chi connectivity index (χ3v) is 4.58. The van der Waals surface area contributed by atoms with Crippen LogP contribution in [0.1, 0.15) is 44.0 Å². The van der Waals surface area contributed by atoms with E-state index >= 15 is 0 Å². The van der Waals surface area contributed by atoms with Gasteiger partial charge in [-0.3, -0.25) is 10.1 Å². The average Bonchev–Trinajstić information content (AvgIpc) is 2.65. The predicted octanol–water partition coefficient (Wildman–Crippen LogP) is 2.92. The van der Waals surface area contributed by atoms with Crippen molar-refractivity contribution in [1.82, 2.24) is 14.9 Å². The lowest BCUT2D eigenvalue weighted by Gasteiger charge is -2.28. The fraction of sp³-hybridized carbons (Fsp3) is 0.429. The molecule has 1 aliphatic rings. The summed E-state index contributed by atoms with van der Waals surface area (Å²) in [6.07, 6.45) is 2.79. The molecular weight excluding hydrogens is 370 g/mol. The van der Waals surface area contributed by atoms with Crippen LogP contribution in [0.5, 0.6) is 0 Å². The Balaban J connectivity index is 1.60. The number of hydrogen-bond donors (Lipinski definition) is 2. The molecule has 0 bridgehead atoms. The van der Waals surface area contributed by atoms with Gasteiger partial charge in [0.1, 0.15) is 5.60 Å². The molecule has 29 heavy (non-hydrogen) atoms. The number of aromatic nitrogens is 2. The molecule has 154 valence electrons. The summed E-state index contributed by atoms with van der Waals surface area (Å²) < 4.78 is 5.31. The molecule has 0 saturated carbocycles. The standard InChI is InChI=1S/C21H27N5O3/c1-21(2,3)29-20(28)25-16-7-5-4-6-14(16)8-9-18(27)26-11-10-15-12-23-19(22)24-17(15)13-26/h4-7,12H,8-11,13H2,1-3H3,(H,25,28)(H2,22,23,24). The summed E-state index contributed by atoms with van der Waals surface area (Å²) in [5.41, 5.74) is 8.47. The minimum Gasteiger partial charge on any atom is -0.444 e. The smallest absolute Gasteiger partial charge is 0.412 e. The molecular formula is C21H27N5O3. The zero-order valence-electron chi connectivity index (χ0n) is 17.1. The van der Waals surface area contributed by atoms with E-state index in [0.717, 1.165) is 23.2 Å². The van der Waals surface area contributed by atoms with Gasteiger partial charge in [-0.05, 0) is 50.8 Å². The molecule has 2 heterocycles. The number of aryl methyl sites for hydroxylation is 1. The van der Waals surface area contributed by atoms with Gasteiger partial charge in [-0.15, -0.1) is 0 Å². The first-order valence-corrected chi connectivity index (χ1v) is 9.67. The highest BCUT2D eigenvalue weighted by molar-refractivity contribution is 5.86. The van der Waals surface area contributed by atoms with Crippen LogP contribution in [-0.2, 0) is 28.9 Å². The van der Waals surface area contributed by atoms with Crippen molar-refractivity contribution >= 4 is 23.6 Å². The van der Waals surface area contributed by atoms with Crippen molar-refractivity contribution in [3.63, 3.8) is 0 Å². The van der Waals surface area contributed by atoms with Crippen molar-refractivity contribution in [3.05, 3.63) is 47.3 Å². The summed E-state index contributed by atoms with van der Waals surface area (Å²) in [4.78, 5) is 34.9. The van der Waals surface area contributed by atoms with Gasteiger partial charge in [0.25, 0.3) is 0 Å². The number of nitrogens with zero attached hydrogens (tertiary/aromatic N) is 3. The SMILES string of the molecule is CC(C)(C)OC(=O)Nc1ccccc1CCC(=O)N1CCc2cnc(N)nc2C1. The van der Waals surface area contributed by atoms with Crippen LogP contribution in [0.15, 0.2) is 30.5 Å². The van der Waals surface area contributed by atoms with Crippen LogP contribution in [0.4, 0.5) is 16.4 Å². The summed E-state index contributed by atoms with van der Waals surface area (Å²) >= 11 is 0. The van der Waals surface area contributed by atoms with Crippen LogP contribution in [-0.4, -0.2) is 39.0 Å². The number of hydrogen-bond acceptors (Lipinski definition) is 6. The molecule has 1 aromatic carbocycles. The second kappa shape index (κ2) is 8.46. The van der Waals surface area contributed by atoms with E-state index in [1.807, 2.05) is 39.0 Å². The van der Waals surface area contributed by atoms with Gasteiger partial charge in [-0.1, -0.05) is 18.2 Å². The third kappa shape index (κ3) is 5.66. The molecule has 8 nitrogen and oxygen atoms in total. The van der Waals surface area contributed by atoms with Crippen molar-refractivity contribution in [2.75, 3.05) is 17.6 Å². The lowest BCUT2D eigenvalue weighted by Crippen LogP contribution is -2.36. The number of anilines is 2. The number of nitrogens with two attached hydrogens (primary N) is 1. The fourth-order valence-corrected chi connectivity index (χ4v) is 3.20. The lowest BCUT2D eigenvalue weighted by atomic mass is 10.0. The highest BCUT2D eigenvalue weighted by Crippen LogP contribution is 2.21. The van der Waals surface area contributed by atoms with Gasteiger partial charge in [0.15, 0.2) is 0 Å². The minimum absolute atomic E-state index is 0.0416. The molecule has 3 rings (SSSR count). The molecule has 0 atom stereocenters. The molecule has 0 aliphatic carbocycles. The maximum atomic E-state index is 12.7. The van der Waals surface area contributed by atoms with E-state index in [-0.39, 0.29) is 11.9 Å². The maximum Gasteiger partial charge on any atom is 0.412 e. The zero-order valence-corrected chi connectivity index (χ0v) is 17.1. The maximum absolute atomic E-state index is 12.7. The van der Waals surface area contributed by atoms with Gasteiger partial charge in [0.05, 0.1) is 12.2 Å². The van der Waals surface area contributed by atoms with Crippen LogP contribution < -0.4 is 11.1 Å². The van der Waals surface area contributed by atoms with Gasteiger partial charge < -0.3 is 15.4 Å². The topological polar surface area (TPSA) is 110 Å². The highest BCUT2D eigenvalue weighted by Gasteiger charge is 2.22. The molecule has 1 aromatic heterocycles. The molecule has 0 spiro atoms. The van der Waals surface area contributed by atoms with Crippen molar-refractivity contribution in [2.45, 2.75) is 52.2 Å². The Morgan fingerprint density at radius 2 is 2.03 bits per heavy atom. The Morgan fingerprint density at radius 3 is 2.79 bits per heavy atom. The molecule has 8 heteroatoms. The number of carbonyl (C=O) groups excluding carboxylic acids is 2. The quantitative estimate of drug-likeness (QED) is 0.821. The number of ether oxygens (including phenoxy) is 1. The number of nitrogens with one attached hydrogen (secondary N) is 1. The summed E-state index contributed by atoms with van der Waals surface area (Å²) in [7, 11) is 0. The molecule has 1 aliphatic heterocycles. The van der Waals surface area contributed by atoms with Gasteiger partial charge in [0, 0.05) is 24.8 Å². The van der Waals surface area contributed by atoms with E-state index in [0.29, 0.717) is 31.6 Å². The Hall–Kier alpha value is -3.16. The summed E-state index contributed by atoms with van der Waals surface area (Å²) in [6.45, 7) is 6.51. The van der Waals surface area contributed by atoms with Crippen LogP contribution >= 0.6 is 0 Å². The van der Waals surface area contributed by atoms with E-state index in [2.05, 4.69) is 15.3 Å². The van der Waals surface area contributed by atoms with E-state index in [9.17, 15) is 9.59 Å². The van der Waals surface area contributed by atoms with Gasteiger partial charge in [-0.25, -0.2) is 14.8 Å². The van der Waals surface area contributed by atoms with E-state index < -0.39 is 11.7 Å². The monoisotopic (exact) mass is 397 g/mol. The Kier molecular flexibility index (Phi) is 6.00. The number of fused-ring (bicyclic) bond motifs is 1. The molecule has 0 saturated heterocycles. The van der Waals surface area contributed by atoms with Gasteiger partial charge >= 0.3 is 6.09 Å². The second-order valence-electron chi connectivity index (χ2n) is 8.05. The number of carbonyl (C=O) groups is 2. The molecule has 2 aromatic rings. The number of rotatable bonds is 4. The summed E-state index contributed by atoms with van der Waals surface area (Å²) in [5, 5.41) is 2.77. The van der Waals surface area contributed by atoms with E-state index in [4.69, 9.17) is 10.5 Å². The lowest BCUT2D eigenvalue weighted by molar-refractivity contribution is -0.132. The normalized spacial score (nSPS) is 13.6. The van der Waals surface area contributed by atoms with Crippen molar-refractivity contribution in [3.8, 4) is 0 Å². The summed E-state index contributed by atoms with van der Waals surface area (Å²) in [5.74, 6) is 0.264. The zero-order chi connectivity index (χ0) is 21.0. The number of amides is 2. The van der Waals surface area contributed by atoms with Crippen LogP contribution in [0.25, 0.3) is 0 Å². The predicted molar refractivity (Wildman–Crippen MR) is 110 cm³/mol. The van der Waals surface area contributed by atoms with Crippen molar-refractivity contribution in [1.29, 1.82) is 0 Å². The number of benzene rings is 1.